The maximum atomic E-state index is 11.2. The molecule has 1 N–H and O–H groups in total. The Kier molecular flexibility index (Phi) is 5.16. The lowest BCUT2D eigenvalue weighted by atomic mass is 10.3. The summed E-state index contributed by atoms with van der Waals surface area (Å²) < 4.78 is 4.66. The topological polar surface area (TPSA) is 71.2 Å². The van der Waals surface area contributed by atoms with Gasteiger partial charge >= 0.3 is 5.97 Å². The van der Waals surface area contributed by atoms with Crippen molar-refractivity contribution in [2.45, 2.75) is 6.92 Å². The number of esters is 1. The Labute approximate surface area is 103 Å². The zero-order valence-electron chi connectivity index (χ0n) is 9.13. The van der Waals surface area contributed by atoms with Crippen molar-refractivity contribution >= 4 is 23.3 Å². The first kappa shape index (κ1) is 13.2. The molecule has 1 aromatic rings. The van der Waals surface area contributed by atoms with Gasteiger partial charge in [-0.2, -0.15) is 0 Å². The minimum Gasteiger partial charge on any atom is -0.513 e. The quantitative estimate of drug-likeness (QED) is 0.387. The Hall–Kier alpha value is -1.88. The molecular formula is C11H11ClN2O3. The van der Waals surface area contributed by atoms with E-state index >= 15 is 0 Å². The molecule has 5 nitrogen and oxygen atoms in total. The maximum absolute atomic E-state index is 11.2. The van der Waals surface area contributed by atoms with Crippen LogP contribution in [0, 0.1) is 0 Å². The number of halogens is 1. The smallest absolute Gasteiger partial charge is 0.362 e. The maximum Gasteiger partial charge on any atom is 0.362 e. The number of ether oxygens (including phenoxy) is 1. The summed E-state index contributed by atoms with van der Waals surface area (Å²) in [6.45, 7) is 1.84. The highest BCUT2D eigenvalue weighted by molar-refractivity contribution is 6.32. The van der Waals surface area contributed by atoms with Gasteiger partial charge in [0, 0.05) is 0 Å². The van der Waals surface area contributed by atoms with Crippen LogP contribution in [0.25, 0.3) is 0 Å². The molecule has 0 heterocycles. The molecule has 0 bridgehead atoms. The van der Waals surface area contributed by atoms with Gasteiger partial charge in [0.25, 0.3) is 0 Å². The van der Waals surface area contributed by atoms with Crippen LogP contribution < -0.4 is 0 Å². The van der Waals surface area contributed by atoms with Gasteiger partial charge in [0.05, 0.1) is 11.6 Å². The standard InChI is InChI=1S/C11H11ClN2O3/c1-2-17-11(16)10(7-15)14-13-9-6-4-3-5-8(9)12/h3-7,15H,2H2,1H3/b10-7+,14-13?. The van der Waals surface area contributed by atoms with Gasteiger partial charge in [-0.3, -0.25) is 0 Å². The van der Waals surface area contributed by atoms with E-state index in [9.17, 15) is 4.79 Å². The highest BCUT2D eigenvalue weighted by atomic mass is 35.5. The Morgan fingerprint density at radius 2 is 2.24 bits per heavy atom. The van der Waals surface area contributed by atoms with Crippen molar-refractivity contribution in [1.29, 1.82) is 0 Å². The van der Waals surface area contributed by atoms with Crippen molar-refractivity contribution in [3.05, 3.63) is 41.2 Å². The minimum atomic E-state index is -0.745. The van der Waals surface area contributed by atoms with Crippen molar-refractivity contribution < 1.29 is 14.6 Å². The zero-order valence-corrected chi connectivity index (χ0v) is 9.89. The van der Waals surface area contributed by atoms with Gasteiger partial charge in [-0.25, -0.2) is 4.79 Å². The van der Waals surface area contributed by atoms with Crippen molar-refractivity contribution in [3.63, 3.8) is 0 Å². The highest BCUT2D eigenvalue weighted by Crippen LogP contribution is 2.24. The molecule has 0 radical (unpaired) electrons. The molecule has 17 heavy (non-hydrogen) atoms. The summed E-state index contributed by atoms with van der Waals surface area (Å²) >= 11 is 5.84. The van der Waals surface area contributed by atoms with Gasteiger partial charge in [0.1, 0.15) is 11.9 Å². The number of aliphatic hydroxyl groups excluding tert-OH is 1. The molecule has 0 saturated heterocycles. The summed E-state index contributed by atoms with van der Waals surface area (Å²) in [6.07, 6.45) is 0.540. The number of carbonyl (C=O) groups excluding carboxylic acids is 1. The lowest BCUT2D eigenvalue weighted by molar-refractivity contribution is -0.138. The first-order valence-corrected chi connectivity index (χ1v) is 5.24. The summed E-state index contributed by atoms with van der Waals surface area (Å²) in [7, 11) is 0. The second kappa shape index (κ2) is 6.65. The Morgan fingerprint density at radius 3 is 2.82 bits per heavy atom. The van der Waals surface area contributed by atoms with E-state index in [1.165, 1.54) is 0 Å². The van der Waals surface area contributed by atoms with E-state index in [-0.39, 0.29) is 12.3 Å². The van der Waals surface area contributed by atoms with Crippen molar-refractivity contribution in [2.75, 3.05) is 6.61 Å². The van der Waals surface area contributed by atoms with Crippen LogP contribution >= 0.6 is 11.6 Å². The number of azo groups is 1. The van der Waals surface area contributed by atoms with Crippen LogP contribution in [-0.2, 0) is 9.53 Å². The number of hydrogen-bond donors (Lipinski definition) is 1. The Balaban J connectivity index is 2.83. The first-order chi connectivity index (χ1) is 8.19. The van der Waals surface area contributed by atoms with E-state index in [4.69, 9.17) is 16.7 Å². The van der Waals surface area contributed by atoms with Gasteiger partial charge < -0.3 is 9.84 Å². The Bertz CT molecular complexity index is 458. The van der Waals surface area contributed by atoms with E-state index in [1.54, 1.807) is 31.2 Å². The molecule has 0 aliphatic rings. The van der Waals surface area contributed by atoms with Crippen LogP contribution in [0.2, 0.25) is 5.02 Å². The fourth-order valence-corrected chi connectivity index (χ4v) is 1.14. The summed E-state index contributed by atoms with van der Waals surface area (Å²) in [5.74, 6) is -0.745. The average molecular weight is 255 g/mol. The molecule has 0 spiro atoms. The van der Waals surface area contributed by atoms with Crippen LogP contribution in [0.3, 0.4) is 0 Å². The van der Waals surface area contributed by atoms with E-state index in [2.05, 4.69) is 15.0 Å². The van der Waals surface area contributed by atoms with Crippen molar-refractivity contribution in [1.82, 2.24) is 0 Å². The summed E-state index contributed by atoms with van der Waals surface area (Å²) in [4.78, 5) is 11.2. The average Bonchev–Trinajstić information content (AvgIpc) is 2.32. The number of aliphatic hydroxyl groups is 1. The third-order valence-corrected chi connectivity index (χ3v) is 2.04. The SMILES string of the molecule is CCOC(=O)/C(=C\O)N=Nc1ccccc1Cl. The molecule has 90 valence electrons. The molecule has 0 amide bonds. The lowest BCUT2D eigenvalue weighted by Gasteiger charge is -1.99. The van der Waals surface area contributed by atoms with Crippen LogP contribution in [0.1, 0.15) is 6.92 Å². The minimum absolute atomic E-state index is 0.192. The third kappa shape index (κ3) is 3.88. The normalized spacial score (nSPS) is 11.8. The largest absolute Gasteiger partial charge is 0.513 e. The Morgan fingerprint density at radius 1 is 1.53 bits per heavy atom. The molecule has 0 aromatic heterocycles. The molecule has 0 unspecified atom stereocenters. The summed E-state index contributed by atoms with van der Waals surface area (Å²) in [6, 6.07) is 6.75. The monoisotopic (exact) mass is 254 g/mol. The van der Waals surface area contributed by atoms with Crippen LogP contribution in [0.5, 0.6) is 0 Å². The molecule has 0 atom stereocenters. The molecule has 0 fully saturated rings. The summed E-state index contributed by atoms with van der Waals surface area (Å²) in [5, 5.41) is 16.5. The van der Waals surface area contributed by atoms with Crippen LogP contribution in [-0.4, -0.2) is 17.7 Å². The van der Waals surface area contributed by atoms with E-state index < -0.39 is 5.97 Å². The number of benzene rings is 1. The fraction of sp³-hybridized carbons (Fsp3) is 0.182. The van der Waals surface area contributed by atoms with Crippen molar-refractivity contribution in [3.8, 4) is 0 Å². The molecule has 1 rings (SSSR count). The number of carbonyl (C=O) groups is 1. The molecular weight excluding hydrogens is 244 g/mol. The van der Waals surface area contributed by atoms with Crippen LogP contribution in [0.4, 0.5) is 5.69 Å². The van der Waals surface area contributed by atoms with E-state index in [1.807, 2.05) is 0 Å². The van der Waals surface area contributed by atoms with Gasteiger partial charge in [-0.05, 0) is 19.1 Å². The first-order valence-electron chi connectivity index (χ1n) is 4.86. The van der Waals surface area contributed by atoms with Gasteiger partial charge in [0.15, 0.2) is 0 Å². The lowest BCUT2D eigenvalue weighted by Crippen LogP contribution is -2.05. The fourth-order valence-electron chi connectivity index (χ4n) is 0.965. The molecule has 0 aliphatic heterocycles. The third-order valence-electron chi connectivity index (χ3n) is 1.72. The number of rotatable bonds is 4. The van der Waals surface area contributed by atoms with Crippen molar-refractivity contribution in [2.24, 2.45) is 10.2 Å². The molecule has 0 saturated carbocycles. The number of hydrogen-bond acceptors (Lipinski definition) is 5. The predicted octanol–water partition coefficient (Wildman–Crippen LogP) is 3.39. The van der Waals surface area contributed by atoms with Gasteiger partial charge in [-0.15, -0.1) is 10.2 Å². The van der Waals surface area contributed by atoms with Gasteiger partial charge in [-0.1, -0.05) is 23.7 Å². The molecule has 6 heteroatoms. The number of nitrogens with zero attached hydrogens (tertiary/aromatic N) is 2. The van der Waals surface area contributed by atoms with Crippen LogP contribution in [0.15, 0.2) is 46.5 Å². The highest BCUT2D eigenvalue weighted by Gasteiger charge is 2.09. The predicted molar refractivity (Wildman–Crippen MR) is 63.3 cm³/mol. The molecule has 1 aromatic carbocycles. The zero-order chi connectivity index (χ0) is 12.7. The molecule has 0 aliphatic carbocycles. The second-order valence-corrected chi connectivity index (χ2v) is 3.29. The van der Waals surface area contributed by atoms with E-state index in [0.29, 0.717) is 17.0 Å². The second-order valence-electron chi connectivity index (χ2n) is 2.89. The summed E-state index contributed by atoms with van der Waals surface area (Å²) in [5.41, 5.74) is 0.115. The van der Waals surface area contributed by atoms with E-state index in [0.717, 1.165) is 0 Å². The van der Waals surface area contributed by atoms with Gasteiger partial charge in [0.2, 0.25) is 5.70 Å².